The SMILES string of the molecule is CCCCC([O-])[O-].[Na+].[Na+]. The molecule has 0 aromatic rings. The number of unbranched alkanes of at least 4 members (excludes halogenated alkanes) is 1. The van der Waals surface area contributed by atoms with Crippen molar-refractivity contribution in [2.75, 3.05) is 0 Å². The van der Waals surface area contributed by atoms with Crippen LogP contribution in [-0.2, 0) is 0 Å². The maximum atomic E-state index is 9.73. The van der Waals surface area contributed by atoms with Crippen molar-refractivity contribution < 1.29 is 69.3 Å². The molecule has 0 saturated heterocycles. The quantitative estimate of drug-likeness (QED) is 0.295. The van der Waals surface area contributed by atoms with E-state index in [1.54, 1.807) is 0 Å². The molecular formula is C5H10Na2O2. The maximum Gasteiger partial charge on any atom is 1.00 e. The predicted molar refractivity (Wildman–Crippen MR) is 23.3 cm³/mol. The Balaban J connectivity index is -0.000000180. The van der Waals surface area contributed by atoms with E-state index in [9.17, 15) is 10.2 Å². The van der Waals surface area contributed by atoms with E-state index >= 15 is 0 Å². The van der Waals surface area contributed by atoms with E-state index in [-0.39, 0.29) is 65.5 Å². The second kappa shape index (κ2) is 12.6. The van der Waals surface area contributed by atoms with Crippen molar-refractivity contribution >= 4 is 0 Å². The molecule has 0 aliphatic carbocycles. The van der Waals surface area contributed by atoms with Gasteiger partial charge >= 0.3 is 59.1 Å². The van der Waals surface area contributed by atoms with Gasteiger partial charge in [-0.2, -0.15) is 0 Å². The molecule has 0 amide bonds. The summed E-state index contributed by atoms with van der Waals surface area (Å²) < 4.78 is 0. The molecule has 4 heteroatoms. The minimum absolute atomic E-state index is 0. The molecule has 0 bridgehead atoms. The van der Waals surface area contributed by atoms with Crippen LogP contribution in [0, 0.1) is 0 Å². The van der Waals surface area contributed by atoms with Crippen molar-refractivity contribution in [2.45, 2.75) is 32.5 Å². The third kappa shape index (κ3) is 17.8. The van der Waals surface area contributed by atoms with Crippen molar-refractivity contribution in [3.8, 4) is 0 Å². The summed E-state index contributed by atoms with van der Waals surface area (Å²) in [6.07, 6.45) is 0.412. The molecule has 0 aliphatic rings. The van der Waals surface area contributed by atoms with Gasteiger partial charge in [0.05, 0.1) is 0 Å². The molecule has 0 unspecified atom stereocenters. The normalized spacial score (nSPS) is 8.00. The van der Waals surface area contributed by atoms with E-state index in [4.69, 9.17) is 0 Å². The van der Waals surface area contributed by atoms with Crippen LogP contribution in [-0.4, -0.2) is 6.29 Å². The summed E-state index contributed by atoms with van der Waals surface area (Å²) in [6.45, 7) is 1.96. The smallest absolute Gasteiger partial charge is 0.865 e. The molecule has 0 rings (SSSR count). The second-order valence-corrected chi connectivity index (χ2v) is 1.57. The molecule has 0 saturated carbocycles. The first-order valence-electron chi connectivity index (χ1n) is 2.59. The fourth-order valence-corrected chi connectivity index (χ4v) is 0.371. The van der Waals surface area contributed by atoms with Gasteiger partial charge in [0, 0.05) is 0 Å². The maximum absolute atomic E-state index is 9.73. The Labute approximate surface area is 101 Å². The standard InChI is InChI=1S/C5H10O2.2Na/c1-2-3-4-5(6)7;;/h5H,2-4H2,1H3;;/q-2;2*+1. The molecule has 0 aromatic carbocycles. The summed E-state index contributed by atoms with van der Waals surface area (Å²) in [4.78, 5) is 0. The third-order valence-electron chi connectivity index (χ3n) is 0.793. The summed E-state index contributed by atoms with van der Waals surface area (Å²) in [5, 5.41) is 19.5. The van der Waals surface area contributed by atoms with E-state index in [0.29, 0.717) is 0 Å². The molecule has 0 heterocycles. The molecular weight excluding hydrogens is 138 g/mol. The van der Waals surface area contributed by atoms with Crippen molar-refractivity contribution in [1.82, 2.24) is 0 Å². The Morgan fingerprint density at radius 3 is 1.78 bits per heavy atom. The molecule has 0 aromatic heterocycles. The summed E-state index contributed by atoms with van der Waals surface area (Å²) >= 11 is 0. The summed E-state index contributed by atoms with van der Waals surface area (Å²) in [6, 6.07) is 0. The molecule has 2 nitrogen and oxygen atoms in total. The fraction of sp³-hybridized carbons (Fsp3) is 1.00. The molecule has 0 spiro atoms. The van der Waals surface area contributed by atoms with Gasteiger partial charge in [0.15, 0.2) is 0 Å². The van der Waals surface area contributed by atoms with Gasteiger partial charge in [-0.05, 0) is 0 Å². The first-order valence-corrected chi connectivity index (χ1v) is 2.59. The third-order valence-corrected chi connectivity index (χ3v) is 0.793. The Bertz CT molecular complexity index is 41.9. The van der Waals surface area contributed by atoms with Gasteiger partial charge in [-0.3, -0.25) is 0 Å². The van der Waals surface area contributed by atoms with Gasteiger partial charge in [-0.1, -0.05) is 26.2 Å². The summed E-state index contributed by atoms with van der Waals surface area (Å²) in [5.74, 6) is 0. The molecule has 0 fully saturated rings. The number of hydrogen-bond acceptors (Lipinski definition) is 2. The van der Waals surface area contributed by atoms with Gasteiger partial charge in [-0.25, -0.2) is 6.29 Å². The van der Waals surface area contributed by atoms with Crippen molar-refractivity contribution in [2.24, 2.45) is 0 Å². The van der Waals surface area contributed by atoms with Gasteiger partial charge in [0.25, 0.3) is 0 Å². The summed E-state index contributed by atoms with van der Waals surface area (Å²) in [5.41, 5.74) is 0. The van der Waals surface area contributed by atoms with Crippen LogP contribution in [0.2, 0.25) is 0 Å². The van der Waals surface area contributed by atoms with Crippen LogP contribution < -0.4 is 69.3 Å². The van der Waals surface area contributed by atoms with Gasteiger partial charge in [0.1, 0.15) is 0 Å². The van der Waals surface area contributed by atoms with Gasteiger partial charge in [0.2, 0.25) is 0 Å². The van der Waals surface area contributed by atoms with Crippen LogP contribution in [0.3, 0.4) is 0 Å². The van der Waals surface area contributed by atoms with Crippen LogP contribution in [0.4, 0.5) is 0 Å². The summed E-state index contributed by atoms with van der Waals surface area (Å²) in [7, 11) is 0. The zero-order valence-corrected chi connectivity index (χ0v) is 10.5. The monoisotopic (exact) mass is 148 g/mol. The predicted octanol–water partition coefficient (Wildman–Crippen LogP) is -6.77. The van der Waals surface area contributed by atoms with Crippen LogP contribution >= 0.6 is 0 Å². The van der Waals surface area contributed by atoms with E-state index in [1.807, 2.05) is 6.92 Å². The molecule has 0 N–H and O–H groups in total. The number of rotatable bonds is 3. The average Bonchev–Trinajstić information content (AvgIpc) is 1.61. The Hall–Kier alpha value is 1.92. The zero-order chi connectivity index (χ0) is 5.70. The number of hydrogen-bond donors (Lipinski definition) is 0. The van der Waals surface area contributed by atoms with E-state index in [1.165, 1.54) is 0 Å². The van der Waals surface area contributed by atoms with Crippen LogP contribution in [0.5, 0.6) is 0 Å². The molecule has 0 atom stereocenters. The largest absolute Gasteiger partial charge is 1.00 e. The first-order chi connectivity index (χ1) is 3.27. The first kappa shape index (κ1) is 17.1. The minimum atomic E-state index is -1.60. The molecule has 9 heavy (non-hydrogen) atoms. The van der Waals surface area contributed by atoms with Crippen molar-refractivity contribution in [3.05, 3.63) is 0 Å². The molecule has 0 radical (unpaired) electrons. The topological polar surface area (TPSA) is 46.1 Å². The molecule has 44 valence electrons. The van der Waals surface area contributed by atoms with E-state index < -0.39 is 6.29 Å². The van der Waals surface area contributed by atoms with Crippen LogP contribution in [0.25, 0.3) is 0 Å². The minimum Gasteiger partial charge on any atom is -0.865 e. The van der Waals surface area contributed by atoms with Crippen molar-refractivity contribution in [1.29, 1.82) is 0 Å². The fourth-order valence-electron chi connectivity index (χ4n) is 0.371. The Kier molecular flexibility index (Phi) is 24.0. The Morgan fingerprint density at radius 2 is 1.67 bits per heavy atom. The van der Waals surface area contributed by atoms with Gasteiger partial charge < -0.3 is 10.2 Å². The van der Waals surface area contributed by atoms with Crippen LogP contribution in [0.1, 0.15) is 26.2 Å². The Morgan fingerprint density at radius 1 is 1.22 bits per heavy atom. The van der Waals surface area contributed by atoms with Crippen molar-refractivity contribution in [3.63, 3.8) is 0 Å². The average molecular weight is 148 g/mol. The molecule has 0 aliphatic heterocycles. The van der Waals surface area contributed by atoms with E-state index in [0.717, 1.165) is 12.8 Å². The van der Waals surface area contributed by atoms with Gasteiger partial charge in [-0.15, -0.1) is 0 Å². The second-order valence-electron chi connectivity index (χ2n) is 1.57. The van der Waals surface area contributed by atoms with Crippen LogP contribution in [0.15, 0.2) is 0 Å². The van der Waals surface area contributed by atoms with E-state index in [2.05, 4.69) is 0 Å². The zero-order valence-electron chi connectivity index (χ0n) is 6.52.